The summed E-state index contributed by atoms with van der Waals surface area (Å²) in [4.78, 5) is 0. The van der Waals surface area contributed by atoms with Crippen molar-refractivity contribution in [2.45, 2.75) is 12.0 Å². The molecule has 4 nitrogen and oxygen atoms in total. The van der Waals surface area contributed by atoms with Gasteiger partial charge in [-0.05, 0) is 70.8 Å². The first-order valence-corrected chi connectivity index (χ1v) is 11.2. The molecule has 0 aromatic heterocycles. The van der Waals surface area contributed by atoms with Gasteiger partial charge in [0.05, 0.1) is 20.1 Å². The molecule has 0 bridgehead atoms. The van der Waals surface area contributed by atoms with Gasteiger partial charge < -0.3 is 19.3 Å². The number of hydrogen-bond donors (Lipinski definition) is 1. The Hall–Kier alpha value is -4.18. The maximum atomic E-state index is 9.76. The Labute approximate surface area is 199 Å². The van der Waals surface area contributed by atoms with Crippen molar-refractivity contribution < 1.29 is 19.3 Å². The Morgan fingerprint density at radius 3 is 1.88 bits per heavy atom. The quantitative estimate of drug-likeness (QED) is 0.327. The lowest BCUT2D eigenvalue weighted by Gasteiger charge is -2.20. The molecule has 1 heterocycles. The Balaban J connectivity index is 1.51. The predicted octanol–water partition coefficient (Wildman–Crippen LogP) is 6.85. The highest BCUT2D eigenvalue weighted by atomic mass is 16.5. The predicted molar refractivity (Wildman–Crippen MR) is 135 cm³/mol. The van der Waals surface area contributed by atoms with Crippen molar-refractivity contribution in [2.75, 3.05) is 14.2 Å². The lowest BCUT2D eigenvalue weighted by molar-refractivity contribution is 0.222. The third kappa shape index (κ3) is 4.35. The molecule has 0 saturated heterocycles. The Morgan fingerprint density at radius 2 is 1.24 bits per heavy atom. The van der Waals surface area contributed by atoms with E-state index in [4.69, 9.17) is 14.2 Å². The standard InChI is InChI=1S/C30H26O4/c1-32-25-14-5-20(6-15-25)3-4-21-7-18-28-27(19-21)29(22-10-16-26(33-2)17-11-22)30(34-28)23-8-12-24(31)13-9-23/h3-19,29-31H,1-2H3/b4-3+/t29-,30+/m0/s1. The number of ether oxygens (including phenoxy) is 3. The number of phenolic OH excluding ortho intramolecular Hbond substituents is 1. The minimum Gasteiger partial charge on any atom is -0.508 e. The van der Waals surface area contributed by atoms with Crippen LogP contribution in [0.15, 0.2) is 91.0 Å². The van der Waals surface area contributed by atoms with E-state index in [1.165, 1.54) is 0 Å². The zero-order valence-electron chi connectivity index (χ0n) is 19.1. The van der Waals surface area contributed by atoms with Crippen LogP contribution in [0.2, 0.25) is 0 Å². The molecule has 0 spiro atoms. The largest absolute Gasteiger partial charge is 0.508 e. The van der Waals surface area contributed by atoms with Crippen LogP contribution in [0.4, 0.5) is 0 Å². The van der Waals surface area contributed by atoms with Gasteiger partial charge in [0, 0.05) is 5.56 Å². The molecule has 4 heteroatoms. The highest BCUT2D eigenvalue weighted by Gasteiger charge is 2.36. The van der Waals surface area contributed by atoms with E-state index < -0.39 is 0 Å². The van der Waals surface area contributed by atoms with Crippen molar-refractivity contribution in [3.63, 3.8) is 0 Å². The van der Waals surface area contributed by atoms with Crippen LogP contribution in [0, 0.1) is 0 Å². The fourth-order valence-corrected chi connectivity index (χ4v) is 4.39. The molecule has 1 N–H and O–H groups in total. The van der Waals surface area contributed by atoms with E-state index in [0.29, 0.717) is 0 Å². The monoisotopic (exact) mass is 450 g/mol. The lowest BCUT2D eigenvalue weighted by Crippen LogP contribution is -2.11. The second-order valence-corrected chi connectivity index (χ2v) is 8.28. The zero-order valence-corrected chi connectivity index (χ0v) is 19.1. The molecule has 0 aliphatic carbocycles. The SMILES string of the molecule is COc1ccc(/C=C/c2ccc3c(c2)[C@H](c2ccc(OC)cc2)[C@@H](c2ccc(O)cc2)O3)cc1. The fraction of sp³-hybridized carbons (Fsp3) is 0.133. The number of methoxy groups -OCH3 is 2. The van der Waals surface area contributed by atoms with E-state index in [1.807, 2.05) is 54.6 Å². The van der Waals surface area contributed by atoms with Crippen LogP contribution in [0.25, 0.3) is 12.2 Å². The Bertz CT molecular complexity index is 1290. The number of benzene rings is 4. The van der Waals surface area contributed by atoms with E-state index in [-0.39, 0.29) is 17.8 Å². The van der Waals surface area contributed by atoms with E-state index in [0.717, 1.165) is 45.1 Å². The van der Waals surface area contributed by atoms with E-state index >= 15 is 0 Å². The van der Waals surface area contributed by atoms with E-state index in [9.17, 15) is 5.11 Å². The maximum absolute atomic E-state index is 9.76. The third-order valence-electron chi connectivity index (χ3n) is 6.21. The van der Waals surface area contributed by atoms with Gasteiger partial charge in [-0.2, -0.15) is 0 Å². The molecule has 0 radical (unpaired) electrons. The zero-order chi connectivity index (χ0) is 23.5. The van der Waals surface area contributed by atoms with Gasteiger partial charge in [-0.25, -0.2) is 0 Å². The molecule has 170 valence electrons. The average molecular weight is 451 g/mol. The van der Waals surface area contributed by atoms with Crippen molar-refractivity contribution in [3.8, 4) is 23.0 Å². The first kappa shape index (κ1) is 21.7. The molecule has 4 aromatic carbocycles. The Morgan fingerprint density at radius 1 is 0.676 bits per heavy atom. The summed E-state index contributed by atoms with van der Waals surface area (Å²) >= 11 is 0. The van der Waals surface area contributed by atoms with Crippen LogP contribution in [-0.2, 0) is 0 Å². The van der Waals surface area contributed by atoms with Gasteiger partial charge in [-0.3, -0.25) is 0 Å². The number of fused-ring (bicyclic) bond motifs is 1. The number of phenols is 1. The Kier molecular flexibility index (Phi) is 5.96. The molecule has 0 fully saturated rings. The second kappa shape index (κ2) is 9.36. The summed E-state index contributed by atoms with van der Waals surface area (Å²) in [6.07, 6.45) is 4.02. The van der Waals surface area contributed by atoms with Gasteiger partial charge in [-0.1, -0.05) is 54.6 Å². The molecule has 1 aliphatic rings. The summed E-state index contributed by atoms with van der Waals surface area (Å²) in [6, 6.07) is 29.7. The molecule has 0 amide bonds. The smallest absolute Gasteiger partial charge is 0.135 e. The highest BCUT2D eigenvalue weighted by molar-refractivity contribution is 5.71. The number of hydrogen-bond acceptors (Lipinski definition) is 4. The number of rotatable bonds is 6. The van der Waals surface area contributed by atoms with Crippen LogP contribution in [0.3, 0.4) is 0 Å². The molecule has 34 heavy (non-hydrogen) atoms. The normalized spacial score (nSPS) is 16.8. The van der Waals surface area contributed by atoms with Gasteiger partial charge in [0.1, 0.15) is 29.1 Å². The summed E-state index contributed by atoms with van der Waals surface area (Å²) in [6.45, 7) is 0. The van der Waals surface area contributed by atoms with Crippen molar-refractivity contribution in [3.05, 3.63) is 119 Å². The first-order valence-electron chi connectivity index (χ1n) is 11.2. The van der Waals surface area contributed by atoms with Crippen molar-refractivity contribution in [1.29, 1.82) is 0 Å². The summed E-state index contributed by atoms with van der Waals surface area (Å²) in [5.41, 5.74) is 5.51. The van der Waals surface area contributed by atoms with Crippen molar-refractivity contribution >= 4 is 12.2 Å². The van der Waals surface area contributed by atoms with Crippen LogP contribution < -0.4 is 14.2 Å². The van der Waals surface area contributed by atoms with Gasteiger partial charge in [-0.15, -0.1) is 0 Å². The molecular weight excluding hydrogens is 424 g/mol. The van der Waals surface area contributed by atoms with E-state index in [1.54, 1.807) is 26.4 Å². The topological polar surface area (TPSA) is 47.9 Å². The van der Waals surface area contributed by atoms with Crippen LogP contribution in [0.5, 0.6) is 23.0 Å². The molecule has 0 unspecified atom stereocenters. The molecule has 5 rings (SSSR count). The summed E-state index contributed by atoms with van der Waals surface area (Å²) in [7, 11) is 3.34. The lowest BCUT2D eigenvalue weighted by atomic mass is 9.84. The fourth-order valence-electron chi connectivity index (χ4n) is 4.39. The first-order chi connectivity index (χ1) is 16.6. The molecule has 0 saturated carbocycles. The van der Waals surface area contributed by atoms with Crippen LogP contribution in [0.1, 0.15) is 39.8 Å². The number of aromatic hydroxyl groups is 1. The third-order valence-corrected chi connectivity index (χ3v) is 6.21. The summed E-state index contributed by atoms with van der Waals surface area (Å²) in [5.74, 6) is 2.79. The molecule has 2 atom stereocenters. The molecule has 1 aliphatic heterocycles. The van der Waals surface area contributed by atoms with Crippen LogP contribution in [-0.4, -0.2) is 19.3 Å². The minimum atomic E-state index is -0.190. The molecular formula is C30H26O4. The second-order valence-electron chi connectivity index (χ2n) is 8.28. The maximum Gasteiger partial charge on any atom is 0.135 e. The molecule has 4 aromatic rings. The average Bonchev–Trinajstić information content (AvgIpc) is 3.27. The van der Waals surface area contributed by atoms with Crippen molar-refractivity contribution in [1.82, 2.24) is 0 Å². The van der Waals surface area contributed by atoms with Crippen molar-refractivity contribution in [2.24, 2.45) is 0 Å². The minimum absolute atomic E-state index is 0.0137. The van der Waals surface area contributed by atoms with Gasteiger partial charge in [0.15, 0.2) is 0 Å². The summed E-state index contributed by atoms with van der Waals surface area (Å²) in [5, 5.41) is 9.76. The van der Waals surface area contributed by atoms with Gasteiger partial charge in [0.25, 0.3) is 0 Å². The summed E-state index contributed by atoms with van der Waals surface area (Å²) < 4.78 is 17.1. The van der Waals surface area contributed by atoms with Gasteiger partial charge >= 0.3 is 0 Å². The van der Waals surface area contributed by atoms with Crippen LogP contribution >= 0.6 is 0 Å². The van der Waals surface area contributed by atoms with Gasteiger partial charge in [0.2, 0.25) is 0 Å². The highest BCUT2D eigenvalue weighted by Crippen LogP contribution is 2.50. The van der Waals surface area contributed by atoms with E-state index in [2.05, 4.69) is 36.4 Å².